The van der Waals surface area contributed by atoms with E-state index in [-0.39, 0.29) is 17.0 Å². The predicted molar refractivity (Wildman–Crippen MR) is 67.2 cm³/mol. The zero-order valence-electron chi connectivity index (χ0n) is 12.4. The Balaban J connectivity index is 2.04. The van der Waals surface area contributed by atoms with E-state index in [2.05, 4.69) is 4.74 Å². The highest BCUT2D eigenvalue weighted by molar-refractivity contribution is 6.01. The number of nitrogens with zero attached hydrogens (tertiary/aromatic N) is 1. The van der Waals surface area contributed by atoms with Gasteiger partial charge in [0.1, 0.15) is 0 Å². The number of carbonyl (C=O) groups is 1. The van der Waals surface area contributed by atoms with Crippen molar-refractivity contribution in [1.29, 1.82) is 0 Å². The molecule has 0 radical (unpaired) electrons. The maximum absolute atomic E-state index is 14.2. The molecule has 0 unspecified atom stereocenters. The average Bonchev–Trinajstić information content (AvgIpc) is 2.99. The number of halogens is 9. The van der Waals surface area contributed by atoms with Gasteiger partial charge in [0.05, 0.1) is 0 Å². The fourth-order valence-electron chi connectivity index (χ4n) is 2.81. The molecule has 1 aromatic rings. The number of anilines is 1. The Bertz CT molecular complexity index is 767. The lowest BCUT2D eigenvalue weighted by molar-refractivity contribution is -0.366. The first kappa shape index (κ1) is 18.8. The molecule has 2 aliphatic rings. The molecular weight excluding hydrogens is 385 g/mol. The number of ether oxygens (including phenoxy) is 1. The maximum Gasteiger partial charge on any atom is 0.428 e. The van der Waals surface area contributed by atoms with Crippen molar-refractivity contribution >= 4 is 11.6 Å². The van der Waals surface area contributed by atoms with E-state index >= 15 is 0 Å². The van der Waals surface area contributed by atoms with E-state index in [0.29, 0.717) is 5.56 Å². The Kier molecular flexibility index (Phi) is 3.65. The number of hydrogen-bond donors (Lipinski definition) is 0. The molecule has 2 heterocycles. The van der Waals surface area contributed by atoms with Gasteiger partial charge >= 0.3 is 35.6 Å². The summed E-state index contributed by atoms with van der Waals surface area (Å²) in [6.45, 7) is -0.512. The minimum absolute atomic E-state index is 0.0130. The Labute approximate surface area is 139 Å². The number of benzene rings is 1. The first-order chi connectivity index (χ1) is 11.7. The largest absolute Gasteiger partial charge is 0.428 e. The summed E-state index contributed by atoms with van der Waals surface area (Å²) >= 11 is 0. The Morgan fingerprint density at radius 3 is 2.12 bits per heavy atom. The quantitative estimate of drug-likeness (QED) is 0.717. The van der Waals surface area contributed by atoms with Gasteiger partial charge in [-0.1, -0.05) is 18.2 Å². The van der Waals surface area contributed by atoms with E-state index in [9.17, 15) is 44.3 Å². The summed E-state index contributed by atoms with van der Waals surface area (Å²) in [5.41, 5.74) is 0.111. The minimum atomic E-state index is -6.68. The van der Waals surface area contributed by atoms with Crippen molar-refractivity contribution in [1.82, 2.24) is 0 Å². The van der Waals surface area contributed by atoms with E-state index in [1.165, 1.54) is 18.2 Å². The van der Waals surface area contributed by atoms with Crippen LogP contribution in [0.1, 0.15) is 5.56 Å². The SMILES string of the molecule is O=C(N1CCc2ccccc21)C(F)(F)[C@@]1(F)OC(F)(F)C(F)(F)C1(F)F. The third-order valence-electron chi connectivity index (χ3n) is 4.24. The van der Waals surface area contributed by atoms with Gasteiger partial charge in [0, 0.05) is 12.2 Å². The molecule has 0 aliphatic carbocycles. The molecule has 1 atom stereocenters. The second-order valence-corrected chi connectivity index (χ2v) is 5.77. The van der Waals surface area contributed by atoms with Gasteiger partial charge < -0.3 is 4.90 Å². The molecule has 1 amide bonds. The molecule has 12 heteroatoms. The Morgan fingerprint density at radius 1 is 1.00 bits per heavy atom. The number of carbonyl (C=O) groups excluding carboxylic acids is 1. The highest BCUT2D eigenvalue weighted by Gasteiger charge is 2.96. The molecule has 0 N–H and O–H groups in total. The molecule has 0 bridgehead atoms. The van der Waals surface area contributed by atoms with Gasteiger partial charge in [-0.05, 0) is 18.1 Å². The summed E-state index contributed by atoms with van der Waals surface area (Å²) in [7, 11) is 0. The van der Waals surface area contributed by atoms with Gasteiger partial charge in [-0.25, -0.2) is 0 Å². The Morgan fingerprint density at radius 2 is 1.58 bits per heavy atom. The second kappa shape index (κ2) is 5.05. The van der Waals surface area contributed by atoms with Crippen LogP contribution in [0.15, 0.2) is 24.3 Å². The molecule has 1 fully saturated rings. The van der Waals surface area contributed by atoms with E-state index in [1.807, 2.05) is 0 Å². The van der Waals surface area contributed by atoms with Crippen LogP contribution in [0.25, 0.3) is 0 Å². The van der Waals surface area contributed by atoms with Gasteiger partial charge in [-0.15, -0.1) is 0 Å². The molecular formula is C14H8F9NO2. The van der Waals surface area contributed by atoms with Crippen LogP contribution in [0, 0.1) is 0 Å². The monoisotopic (exact) mass is 393 g/mol. The number of hydrogen-bond acceptors (Lipinski definition) is 2. The fraction of sp³-hybridized carbons (Fsp3) is 0.500. The van der Waals surface area contributed by atoms with Crippen LogP contribution in [0.3, 0.4) is 0 Å². The molecule has 144 valence electrons. The first-order valence-corrected chi connectivity index (χ1v) is 7.01. The summed E-state index contributed by atoms with van der Waals surface area (Å²) < 4.78 is 124. The second-order valence-electron chi connectivity index (χ2n) is 5.77. The lowest BCUT2D eigenvalue weighted by Crippen LogP contribution is -2.65. The van der Waals surface area contributed by atoms with E-state index < -0.39 is 42.2 Å². The molecule has 3 nitrogen and oxygen atoms in total. The van der Waals surface area contributed by atoms with Crippen molar-refractivity contribution in [2.24, 2.45) is 0 Å². The van der Waals surface area contributed by atoms with Crippen LogP contribution in [0.2, 0.25) is 0 Å². The van der Waals surface area contributed by atoms with Crippen molar-refractivity contribution in [3.63, 3.8) is 0 Å². The smallest absolute Gasteiger partial charge is 0.306 e. The number of fused-ring (bicyclic) bond motifs is 1. The molecule has 26 heavy (non-hydrogen) atoms. The summed E-state index contributed by atoms with van der Waals surface area (Å²) in [5.74, 6) is -28.2. The maximum atomic E-state index is 14.2. The highest BCUT2D eigenvalue weighted by atomic mass is 19.4. The zero-order valence-corrected chi connectivity index (χ0v) is 12.4. The van der Waals surface area contributed by atoms with Crippen molar-refractivity contribution in [3.8, 4) is 0 Å². The minimum Gasteiger partial charge on any atom is -0.306 e. The first-order valence-electron chi connectivity index (χ1n) is 7.01. The van der Waals surface area contributed by atoms with Gasteiger partial charge in [0.2, 0.25) is 0 Å². The molecule has 1 saturated heterocycles. The van der Waals surface area contributed by atoms with Crippen LogP contribution >= 0.6 is 0 Å². The third kappa shape index (κ3) is 1.98. The Hall–Kier alpha value is -1.98. The van der Waals surface area contributed by atoms with Gasteiger partial charge in [0.25, 0.3) is 0 Å². The van der Waals surface area contributed by atoms with Gasteiger partial charge in [-0.3, -0.25) is 9.53 Å². The van der Waals surface area contributed by atoms with Crippen LogP contribution in [-0.2, 0) is 16.0 Å². The molecule has 0 spiro atoms. The van der Waals surface area contributed by atoms with Crippen molar-refractivity contribution in [2.45, 2.75) is 36.2 Å². The summed E-state index contributed by atoms with van der Waals surface area (Å²) in [5, 5.41) is 0. The van der Waals surface area contributed by atoms with E-state index in [0.717, 1.165) is 6.07 Å². The van der Waals surface area contributed by atoms with Crippen LogP contribution in [0.5, 0.6) is 0 Å². The van der Waals surface area contributed by atoms with Crippen LogP contribution in [-0.4, -0.2) is 42.2 Å². The van der Waals surface area contributed by atoms with E-state index in [1.54, 1.807) is 0 Å². The lowest BCUT2D eigenvalue weighted by Gasteiger charge is -2.33. The third-order valence-corrected chi connectivity index (χ3v) is 4.24. The van der Waals surface area contributed by atoms with Crippen molar-refractivity contribution in [2.75, 3.05) is 11.4 Å². The summed E-state index contributed by atoms with van der Waals surface area (Å²) in [6.07, 6.45) is -6.27. The fourth-order valence-corrected chi connectivity index (χ4v) is 2.81. The molecule has 1 aromatic carbocycles. The molecule has 0 aromatic heterocycles. The van der Waals surface area contributed by atoms with Crippen molar-refractivity contribution < 1.29 is 49.0 Å². The van der Waals surface area contributed by atoms with Crippen LogP contribution < -0.4 is 4.90 Å². The molecule has 3 rings (SSSR count). The number of rotatable bonds is 2. The van der Waals surface area contributed by atoms with Crippen LogP contribution in [0.4, 0.5) is 45.2 Å². The number of para-hydroxylation sites is 1. The zero-order chi connectivity index (χ0) is 19.8. The topological polar surface area (TPSA) is 29.5 Å². The predicted octanol–water partition coefficient (Wildman–Crippen LogP) is 3.77. The normalized spacial score (nSPS) is 28.9. The number of alkyl halides is 9. The lowest BCUT2D eigenvalue weighted by atomic mass is 9.99. The molecule has 2 aliphatic heterocycles. The van der Waals surface area contributed by atoms with Crippen molar-refractivity contribution in [3.05, 3.63) is 29.8 Å². The summed E-state index contributed by atoms with van der Waals surface area (Å²) in [4.78, 5) is 12.1. The summed E-state index contributed by atoms with van der Waals surface area (Å²) in [6, 6.07) is 5.28. The molecule has 0 saturated carbocycles. The van der Waals surface area contributed by atoms with E-state index in [4.69, 9.17) is 0 Å². The van der Waals surface area contributed by atoms with Gasteiger partial charge in [-0.2, -0.15) is 39.5 Å². The number of amides is 1. The average molecular weight is 393 g/mol. The highest BCUT2D eigenvalue weighted by Crippen LogP contribution is 2.64. The standard InChI is InChI=1S/C14H8F9NO2/c15-10(16,9(25)24-6-5-7-3-1-2-4-8(7)24)13(21)11(17,18)12(19,20)14(22,23)26-13/h1-4H,5-6H2/t13-/m1/s1. The van der Waals surface area contributed by atoms with Gasteiger partial charge in [0.15, 0.2) is 0 Å².